The van der Waals surface area contributed by atoms with Crippen LogP contribution in [0.4, 0.5) is 0 Å². The van der Waals surface area contributed by atoms with Gasteiger partial charge in [0.15, 0.2) is 0 Å². The number of rotatable bonds is 13. The molecule has 0 N–H and O–H groups in total. The van der Waals surface area contributed by atoms with Crippen LogP contribution in [0.3, 0.4) is 0 Å². The molecule has 3 nitrogen and oxygen atoms in total. The molecule has 154 valence electrons. The van der Waals surface area contributed by atoms with E-state index in [0.29, 0.717) is 6.10 Å². The zero-order valence-electron chi connectivity index (χ0n) is 17.3. The molecule has 2 fully saturated rings. The maximum atomic E-state index is 6.24. The van der Waals surface area contributed by atoms with Crippen molar-refractivity contribution < 1.29 is 14.5 Å². The molecule has 3 heteroatoms. The van der Waals surface area contributed by atoms with E-state index in [1.807, 2.05) is 6.08 Å². The van der Waals surface area contributed by atoms with Crippen LogP contribution >= 0.6 is 0 Å². The van der Waals surface area contributed by atoms with Gasteiger partial charge in [-0.1, -0.05) is 56.6 Å². The average Bonchev–Trinajstić information content (AvgIpc) is 3.18. The molecule has 2 aliphatic heterocycles. The fourth-order valence-corrected chi connectivity index (χ4v) is 3.89. The van der Waals surface area contributed by atoms with Crippen LogP contribution in [0, 0.1) is 0 Å². The molecule has 2 heterocycles. The van der Waals surface area contributed by atoms with Crippen molar-refractivity contribution in [3.05, 3.63) is 37.0 Å². The van der Waals surface area contributed by atoms with Gasteiger partial charge in [-0.05, 0) is 64.2 Å². The Balaban J connectivity index is 1.43. The quantitative estimate of drug-likeness (QED) is 0.152. The summed E-state index contributed by atoms with van der Waals surface area (Å²) in [5.74, 6) is 0. The minimum absolute atomic E-state index is 0.149. The maximum Gasteiger partial charge on any atom is 0.119 e. The first kappa shape index (κ1) is 22.4. The molecule has 27 heavy (non-hydrogen) atoms. The van der Waals surface area contributed by atoms with Gasteiger partial charge in [0.1, 0.15) is 6.10 Å². The van der Waals surface area contributed by atoms with E-state index in [1.165, 1.54) is 44.9 Å². The molecule has 2 rings (SSSR count). The zero-order valence-corrected chi connectivity index (χ0v) is 17.3. The minimum atomic E-state index is 0.149. The molecule has 0 radical (unpaired) electrons. The molecule has 0 aromatic carbocycles. The molecule has 0 unspecified atom stereocenters. The molecule has 0 aliphatic carbocycles. The van der Waals surface area contributed by atoms with Gasteiger partial charge in [-0.25, -0.2) is 9.78 Å². The van der Waals surface area contributed by atoms with E-state index in [9.17, 15) is 0 Å². The highest BCUT2D eigenvalue weighted by Crippen LogP contribution is 2.31. The molecule has 0 aromatic rings. The summed E-state index contributed by atoms with van der Waals surface area (Å²) in [6, 6.07) is 0. The number of allylic oxidation sites excluding steroid dienone is 5. The van der Waals surface area contributed by atoms with Crippen molar-refractivity contribution in [1.29, 1.82) is 0 Å². The van der Waals surface area contributed by atoms with E-state index < -0.39 is 0 Å². The summed E-state index contributed by atoms with van der Waals surface area (Å²) in [5, 5.41) is 0. The monoisotopic (exact) mass is 376 g/mol. The van der Waals surface area contributed by atoms with E-state index in [0.717, 1.165) is 38.5 Å². The topological polar surface area (TPSA) is 27.7 Å². The van der Waals surface area contributed by atoms with Gasteiger partial charge in [-0.3, -0.25) is 0 Å². The Morgan fingerprint density at radius 2 is 1.52 bits per heavy atom. The van der Waals surface area contributed by atoms with Crippen LogP contribution in [0.1, 0.15) is 90.4 Å². The van der Waals surface area contributed by atoms with Crippen LogP contribution in [-0.4, -0.2) is 24.4 Å². The van der Waals surface area contributed by atoms with Crippen molar-refractivity contribution in [1.82, 2.24) is 0 Å². The molecule has 2 saturated heterocycles. The van der Waals surface area contributed by atoms with Crippen molar-refractivity contribution in [3.8, 4) is 0 Å². The summed E-state index contributed by atoms with van der Waals surface area (Å²) in [6.07, 6.45) is 27.2. The lowest BCUT2D eigenvalue weighted by molar-refractivity contribution is -0.386. The third-order valence-corrected chi connectivity index (χ3v) is 5.67. The lowest BCUT2D eigenvalue weighted by Gasteiger charge is -2.30. The van der Waals surface area contributed by atoms with Gasteiger partial charge in [0.2, 0.25) is 0 Å². The summed E-state index contributed by atoms with van der Waals surface area (Å²) < 4.78 is 6.24. The van der Waals surface area contributed by atoms with Gasteiger partial charge in [-0.2, -0.15) is 0 Å². The Hall–Kier alpha value is -0.900. The van der Waals surface area contributed by atoms with Gasteiger partial charge in [0.25, 0.3) is 0 Å². The molecular formula is C24H40O3. The van der Waals surface area contributed by atoms with Gasteiger partial charge in [-0.15, -0.1) is 6.58 Å². The molecule has 0 saturated carbocycles. The SMILES string of the molecule is C=CCC/C=C/C=C\CCCCCC[C@H]1CC[C@H]([C@H]2CC[C@@H](CC)OO2)O1. The summed E-state index contributed by atoms with van der Waals surface area (Å²) in [7, 11) is 0. The summed E-state index contributed by atoms with van der Waals surface area (Å²) >= 11 is 0. The van der Waals surface area contributed by atoms with E-state index in [2.05, 4.69) is 37.8 Å². The first-order valence-corrected chi connectivity index (χ1v) is 11.2. The molecule has 0 spiro atoms. The summed E-state index contributed by atoms with van der Waals surface area (Å²) in [4.78, 5) is 11.1. The van der Waals surface area contributed by atoms with Gasteiger partial charge < -0.3 is 4.74 Å². The normalized spacial score (nSPS) is 29.1. The average molecular weight is 377 g/mol. The Bertz CT molecular complexity index is 435. The first-order valence-electron chi connectivity index (χ1n) is 11.2. The Kier molecular flexibility index (Phi) is 11.7. The number of ether oxygens (including phenoxy) is 1. The standard InChI is InChI=1S/C24H40O3/c1-3-5-6-7-8-9-10-11-12-13-14-15-16-22-18-19-23(25-22)24-20-17-21(4-2)26-27-24/h3,7-10,21-24H,1,4-6,11-20H2,2H3/b8-7+,10-9-/t21-,22+,23-,24-/m1/s1. The van der Waals surface area contributed by atoms with Crippen molar-refractivity contribution >= 4 is 0 Å². The van der Waals surface area contributed by atoms with Crippen LogP contribution in [0.2, 0.25) is 0 Å². The van der Waals surface area contributed by atoms with E-state index in [1.54, 1.807) is 0 Å². The highest BCUT2D eigenvalue weighted by atomic mass is 17.2. The van der Waals surface area contributed by atoms with E-state index in [4.69, 9.17) is 14.5 Å². The lowest BCUT2D eigenvalue weighted by atomic mass is 10.0. The summed E-state index contributed by atoms with van der Waals surface area (Å²) in [6.45, 7) is 5.88. The first-order chi connectivity index (χ1) is 13.3. The third-order valence-electron chi connectivity index (χ3n) is 5.67. The van der Waals surface area contributed by atoms with Crippen LogP contribution in [0.15, 0.2) is 37.0 Å². The number of hydrogen-bond donors (Lipinski definition) is 0. The predicted octanol–water partition coefficient (Wildman–Crippen LogP) is 6.84. The van der Waals surface area contributed by atoms with Crippen molar-refractivity contribution in [2.24, 2.45) is 0 Å². The second kappa shape index (κ2) is 14.1. The zero-order chi connectivity index (χ0) is 19.2. The second-order valence-corrected chi connectivity index (χ2v) is 7.93. The molecule has 0 bridgehead atoms. The lowest BCUT2D eigenvalue weighted by Crippen LogP contribution is -2.36. The van der Waals surface area contributed by atoms with Crippen LogP contribution in [-0.2, 0) is 14.5 Å². The Morgan fingerprint density at radius 3 is 2.26 bits per heavy atom. The van der Waals surface area contributed by atoms with Crippen molar-refractivity contribution in [2.75, 3.05) is 0 Å². The molecule has 0 aromatic heterocycles. The van der Waals surface area contributed by atoms with E-state index in [-0.39, 0.29) is 18.3 Å². The number of hydrogen-bond acceptors (Lipinski definition) is 3. The maximum absolute atomic E-state index is 6.24. The van der Waals surface area contributed by atoms with Crippen LogP contribution in [0.5, 0.6) is 0 Å². The summed E-state index contributed by atoms with van der Waals surface area (Å²) in [5.41, 5.74) is 0. The second-order valence-electron chi connectivity index (χ2n) is 7.93. The van der Waals surface area contributed by atoms with Crippen LogP contribution < -0.4 is 0 Å². The van der Waals surface area contributed by atoms with Gasteiger partial charge >= 0.3 is 0 Å². The third kappa shape index (κ3) is 9.23. The fraction of sp³-hybridized carbons (Fsp3) is 0.750. The molecule has 4 atom stereocenters. The highest BCUT2D eigenvalue weighted by molar-refractivity contribution is 5.02. The Labute approximate surface area is 166 Å². The van der Waals surface area contributed by atoms with Crippen molar-refractivity contribution in [3.63, 3.8) is 0 Å². The Morgan fingerprint density at radius 1 is 0.778 bits per heavy atom. The molecular weight excluding hydrogens is 336 g/mol. The largest absolute Gasteiger partial charge is 0.372 e. The van der Waals surface area contributed by atoms with Crippen LogP contribution in [0.25, 0.3) is 0 Å². The minimum Gasteiger partial charge on any atom is -0.372 e. The van der Waals surface area contributed by atoms with Gasteiger partial charge in [0, 0.05) is 0 Å². The highest BCUT2D eigenvalue weighted by Gasteiger charge is 2.35. The molecule has 2 aliphatic rings. The predicted molar refractivity (Wildman–Crippen MR) is 113 cm³/mol. The fourth-order valence-electron chi connectivity index (χ4n) is 3.89. The van der Waals surface area contributed by atoms with E-state index >= 15 is 0 Å². The molecule has 0 amide bonds. The van der Waals surface area contributed by atoms with Crippen molar-refractivity contribution in [2.45, 2.75) is 115 Å². The smallest absolute Gasteiger partial charge is 0.119 e. The van der Waals surface area contributed by atoms with Gasteiger partial charge in [0.05, 0.1) is 18.3 Å². The number of unbranched alkanes of at least 4 members (excludes halogenated alkanes) is 5.